The molecular formula is C25H18ClF3N2OS. The van der Waals surface area contributed by atoms with Crippen molar-refractivity contribution in [1.82, 2.24) is 10.3 Å². The molecule has 168 valence electrons. The fourth-order valence-electron chi connectivity index (χ4n) is 3.36. The molecule has 0 bridgehead atoms. The number of carbonyl (C=O) groups is 1. The number of pyridine rings is 1. The van der Waals surface area contributed by atoms with E-state index in [2.05, 4.69) is 10.3 Å². The largest absolute Gasteiger partial charge is 0.417 e. The number of hydrogen-bond donors (Lipinski definition) is 1. The first-order valence-electron chi connectivity index (χ1n) is 10.1. The molecule has 0 saturated heterocycles. The second-order valence-electron chi connectivity index (χ2n) is 7.25. The average Bonchev–Trinajstić information content (AvgIpc) is 2.79. The highest BCUT2D eigenvalue weighted by Crippen LogP contribution is 2.39. The summed E-state index contributed by atoms with van der Waals surface area (Å²) in [5, 5.41) is 4.48. The van der Waals surface area contributed by atoms with E-state index in [9.17, 15) is 18.0 Å². The van der Waals surface area contributed by atoms with E-state index in [1.54, 1.807) is 42.5 Å². The third kappa shape index (κ3) is 5.67. The van der Waals surface area contributed by atoms with Crippen LogP contribution in [-0.2, 0) is 12.6 Å². The molecule has 0 fully saturated rings. The first-order valence-corrected chi connectivity index (χ1v) is 11.3. The first-order chi connectivity index (χ1) is 15.8. The van der Waals surface area contributed by atoms with Gasteiger partial charge in [0.05, 0.1) is 16.6 Å². The van der Waals surface area contributed by atoms with E-state index in [0.717, 1.165) is 23.4 Å². The van der Waals surface area contributed by atoms with Gasteiger partial charge in [-0.05, 0) is 48.4 Å². The minimum Gasteiger partial charge on any atom is -0.352 e. The molecule has 0 aliphatic heterocycles. The van der Waals surface area contributed by atoms with E-state index in [0.29, 0.717) is 39.5 Å². The number of nitrogens with one attached hydrogen (secondary N) is 1. The SMILES string of the molecule is O=C(NCCc1ccc(Cl)cc1)c1cc(Sc2ccccc2C(F)(F)F)nc2ccccc12. The summed E-state index contributed by atoms with van der Waals surface area (Å²) in [7, 11) is 0. The Labute approximate surface area is 198 Å². The zero-order valence-corrected chi connectivity index (χ0v) is 18.8. The second-order valence-corrected chi connectivity index (χ2v) is 8.75. The highest BCUT2D eigenvalue weighted by atomic mass is 35.5. The summed E-state index contributed by atoms with van der Waals surface area (Å²) in [6.45, 7) is 0.399. The van der Waals surface area contributed by atoms with Gasteiger partial charge < -0.3 is 5.32 Å². The third-order valence-corrected chi connectivity index (χ3v) is 6.20. The van der Waals surface area contributed by atoms with E-state index in [1.807, 2.05) is 12.1 Å². The van der Waals surface area contributed by atoms with Crippen LogP contribution in [0.1, 0.15) is 21.5 Å². The van der Waals surface area contributed by atoms with Gasteiger partial charge in [0.25, 0.3) is 5.91 Å². The predicted octanol–water partition coefficient (Wildman–Crippen LogP) is 7.03. The minimum absolute atomic E-state index is 0.0295. The molecule has 8 heteroatoms. The maximum absolute atomic E-state index is 13.4. The number of rotatable bonds is 6. The Morgan fingerprint density at radius 2 is 1.67 bits per heavy atom. The van der Waals surface area contributed by atoms with Gasteiger partial charge in [-0.3, -0.25) is 4.79 Å². The predicted molar refractivity (Wildman–Crippen MR) is 125 cm³/mol. The van der Waals surface area contributed by atoms with Gasteiger partial charge in [-0.1, -0.05) is 65.8 Å². The van der Waals surface area contributed by atoms with Gasteiger partial charge in [0.1, 0.15) is 5.03 Å². The molecule has 4 rings (SSSR count). The summed E-state index contributed by atoms with van der Waals surface area (Å²) >= 11 is 6.79. The number of carbonyl (C=O) groups excluding carboxylic acids is 1. The number of alkyl halides is 3. The zero-order valence-electron chi connectivity index (χ0n) is 17.2. The normalized spacial score (nSPS) is 11.5. The van der Waals surface area contributed by atoms with Crippen LogP contribution in [-0.4, -0.2) is 17.4 Å². The Kier molecular flexibility index (Phi) is 6.91. The van der Waals surface area contributed by atoms with Crippen molar-refractivity contribution in [3.8, 4) is 0 Å². The van der Waals surface area contributed by atoms with Crippen LogP contribution >= 0.6 is 23.4 Å². The smallest absolute Gasteiger partial charge is 0.352 e. The maximum Gasteiger partial charge on any atom is 0.417 e. The Hall–Kier alpha value is -3.03. The fourth-order valence-corrected chi connectivity index (χ4v) is 4.47. The van der Waals surface area contributed by atoms with E-state index >= 15 is 0 Å². The molecule has 1 aromatic heterocycles. The Bertz CT molecular complexity index is 1290. The molecule has 0 spiro atoms. The molecular weight excluding hydrogens is 469 g/mol. The summed E-state index contributed by atoms with van der Waals surface area (Å²) in [6, 6.07) is 21.3. The van der Waals surface area contributed by atoms with Crippen molar-refractivity contribution in [3.05, 3.63) is 101 Å². The first kappa shape index (κ1) is 23.1. The maximum atomic E-state index is 13.4. The van der Waals surface area contributed by atoms with Gasteiger partial charge in [-0.15, -0.1) is 0 Å². The molecule has 33 heavy (non-hydrogen) atoms. The number of benzene rings is 3. The van der Waals surface area contributed by atoms with E-state index in [-0.39, 0.29) is 10.8 Å². The number of nitrogens with zero attached hydrogens (tertiary/aromatic N) is 1. The van der Waals surface area contributed by atoms with Gasteiger partial charge >= 0.3 is 6.18 Å². The number of para-hydroxylation sites is 1. The molecule has 3 aromatic carbocycles. The lowest BCUT2D eigenvalue weighted by Gasteiger charge is -2.13. The van der Waals surface area contributed by atoms with Crippen LogP contribution in [0.4, 0.5) is 13.2 Å². The number of halogens is 4. The summed E-state index contributed by atoms with van der Waals surface area (Å²) in [5.74, 6) is -0.312. The monoisotopic (exact) mass is 486 g/mol. The highest BCUT2D eigenvalue weighted by molar-refractivity contribution is 7.99. The summed E-state index contributed by atoms with van der Waals surface area (Å²) in [6.07, 6.45) is -3.87. The van der Waals surface area contributed by atoms with Crippen LogP contribution in [0.3, 0.4) is 0 Å². The number of aromatic nitrogens is 1. The lowest BCUT2D eigenvalue weighted by Crippen LogP contribution is -2.26. The molecule has 1 heterocycles. The lowest BCUT2D eigenvalue weighted by molar-refractivity contribution is -0.139. The molecule has 4 aromatic rings. The Morgan fingerprint density at radius 1 is 0.970 bits per heavy atom. The number of hydrogen-bond acceptors (Lipinski definition) is 3. The zero-order chi connectivity index (χ0) is 23.4. The summed E-state index contributed by atoms with van der Waals surface area (Å²) in [5.41, 5.74) is 1.19. The van der Waals surface area contributed by atoms with Crippen LogP contribution in [0.25, 0.3) is 10.9 Å². The molecule has 0 atom stereocenters. The number of fused-ring (bicyclic) bond motifs is 1. The lowest BCUT2D eigenvalue weighted by atomic mass is 10.1. The van der Waals surface area contributed by atoms with Crippen molar-refractivity contribution < 1.29 is 18.0 Å². The van der Waals surface area contributed by atoms with Crippen molar-refractivity contribution in [2.24, 2.45) is 0 Å². The summed E-state index contributed by atoms with van der Waals surface area (Å²) in [4.78, 5) is 17.5. The summed E-state index contributed by atoms with van der Waals surface area (Å²) < 4.78 is 40.2. The molecule has 0 radical (unpaired) electrons. The molecule has 0 saturated carbocycles. The quantitative estimate of drug-likeness (QED) is 0.318. The van der Waals surface area contributed by atoms with Crippen molar-refractivity contribution in [1.29, 1.82) is 0 Å². The van der Waals surface area contributed by atoms with Crippen LogP contribution in [0.15, 0.2) is 88.8 Å². The highest BCUT2D eigenvalue weighted by Gasteiger charge is 2.33. The Balaban J connectivity index is 1.59. The third-order valence-electron chi connectivity index (χ3n) is 4.96. The second kappa shape index (κ2) is 9.85. The van der Waals surface area contributed by atoms with Crippen molar-refractivity contribution in [2.45, 2.75) is 22.5 Å². The van der Waals surface area contributed by atoms with E-state index < -0.39 is 11.7 Å². The molecule has 0 unspecified atom stereocenters. The average molecular weight is 487 g/mol. The van der Waals surface area contributed by atoms with Gasteiger partial charge in [-0.25, -0.2) is 4.98 Å². The van der Waals surface area contributed by atoms with Gasteiger partial charge in [-0.2, -0.15) is 13.2 Å². The van der Waals surface area contributed by atoms with Crippen LogP contribution in [0.5, 0.6) is 0 Å². The van der Waals surface area contributed by atoms with Gasteiger partial charge in [0.2, 0.25) is 0 Å². The number of amides is 1. The van der Waals surface area contributed by atoms with Crippen molar-refractivity contribution in [3.63, 3.8) is 0 Å². The van der Waals surface area contributed by atoms with Crippen molar-refractivity contribution >= 4 is 40.2 Å². The van der Waals surface area contributed by atoms with Crippen molar-refractivity contribution in [2.75, 3.05) is 6.54 Å². The molecule has 3 nitrogen and oxygen atoms in total. The standard InChI is InChI=1S/C25H18ClF3N2OS/c26-17-11-9-16(10-12-17)13-14-30-24(32)19-15-23(31-21-7-3-1-5-18(19)21)33-22-8-4-2-6-20(22)25(27,28)29/h1-12,15H,13-14H2,(H,30,32). The molecule has 1 N–H and O–H groups in total. The molecule has 0 aliphatic rings. The minimum atomic E-state index is -4.48. The van der Waals surface area contributed by atoms with Gasteiger partial charge in [0.15, 0.2) is 0 Å². The van der Waals surface area contributed by atoms with Gasteiger partial charge in [0, 0.05) is 21.8 Å². The fraction of sp³-hybridized carbons (Fsp3) is 0.120. The van der Waals surface area contributed by atoms with E-state index in [4.69, 9.17) is 11.6 Å². The molecule has 1 amide bonds. The topological polar surface area (TPSA) is 42.0 Å². The van der Waals surface area contributed by atoms with Crippen LogP contribution < -0.4 is 5.32 Å². The van der Waals surface area contributed by atoms with Crippen LogP contribution in [0.2, 0.25) is 5.02 Å². The Morgan fingerprint density at radius 3 is 2.42 bits per heavy atom. The molecule has 0 aliphatic carbocycles. The van der Waals surface area contributed by atoms with Crippen LogP contribution in [0, 0.1) is 0 Å². The van der Waals surface area contributed by atoms with E-state index in [1.165, 1.54) is 18.2 Å².